The van der Waals surface area contributed by atoms with Crippen LogP contribution in [0, 0.1) is 5.82 Å². The first-order valence-electron chi connectivity index (χ1n) is 7.90. The molecule has 0 saturated carbocycles. The van der Waals surface area contributed by atoms with Crippen LogP contribution in [0.3, 0.4) is 0 Å². The summed E-state index contributed by atoms with van der Waals surface area (Å²) in [7, 11) is -3.70. The van der Waals surface area contributed by atoms with Gasteiger partial charge in [0.05, 0.1) is 18.0 Å². The zero-order valence-corrected chi connectivity index (χ0v) is 16.2. The van der Waals surface area contributed by atoms with Crippen molar-refractivity contribution in [3.05, 3.63) is 64.9 Å². The molecule has 2 aromatic rings. The fourth-order valence-electron chi connectivity index (χ4n) is 2.57. The molecule has 0 radical (unpaired) electrons. The predicted octanol–water partition coefficient (Wildman–Crippen LogP) is 3.51. The van der Waals surface area contributed by atoms with E-state index in [1.54, 1.807) is 31.2 Å². The lowest BCUT2D eigenvalue weighted by Gasteiger charge is -2.29. The number of nitrogens with one attached hydrogen (secondary N) is 1. The van der Waals surface area contributed by atoms with E-state index < -0.39 is 28.0 Å². The molecule has 2 aromatic carbocycles. The first kappa shape index (κ1) is 20.2. The molecule has 0 bridgehead atoms. The van der Waals surface area contributed by atoms with Crippen molar-refractivity contribution in [2.75, 3.05) is 10.6 Å². The Hall–Kier alpha value is -2.12. The van der Waals surface area contributed by atoms with Crippen LogP contribution in [0.2, 0.25) is 5.02 Å². The van der Waals surface area contributed by atoms with Gasteiger partial charge in [0.1, 0.15) is 11.9 Å². The number of sulfonamides is 1. The maximum atomic E-state index is 13.0. The Kier molecular flexibility index (Phi) is 6.26. The van der Waals surface area contributed by atoms with Crippen molar-refractivity contribution in [1.29, 1.82) is 0 Å². The number of hydrogen-bond acceptors (Lipinski definition) is 3. The highest BCUT2D eigenvalue weighted by Gasteiger charge is 2.29. The number of benzene rings is 2. The molecule has 0 heterocycles. The Bertz CT molecular complexity index is 870. The van der Waals surface area contributed by atoms with E-state index in [1.807, 2.05) is 0 Å². The summed E-state index contributed by atoms with van der Waals surface area (Å²) in [6.45, 7) is 3.24. The fraction of sp³-hybridized carbons (Fsp3) is 0.278. The fourth-order valence-corrected chi connectivity index (χ4v) is 3.87. The summed E-state index contributed by atoms with van der Waals surface area (Å²) in [6, 6.07) is 10.5. The van der Waals surface area contributed by atoms with Crippen LogP contribution >= 0.6 is 11.6 Å². The maximum absolute atomic E-state index is 13.0. The van der Waals surface area contributed by atoms with Gasteiger partial charge >= 0.3 is 0 Å². The standard InChI is InChI=1S/C18H20ClFN2O3S/c1-12(14-4-8-16(20)9-5-14)21-18(23)13(2)22(26(3,24)25)17-10-6-15(19)7-11-17/h4-13H,1-3H3,(H,21,23)/t12-,13-/m0/s1. The Morgan fingerprint density at radius 1 is 1.08 bits per heavy atom. The van der Waals surface area contributed by atoms with Crippen LogP contribution in [0.1, 0.15) is 25.5 Å². The molecule has 0 saturated heterocycles. The molecule has 0 aliphatic rings. The van der Waals surface area contributed by atoms with Crippen molar-refractivity contribution in [2.45, 2.75) is 25.9 Å². The van der Waals surface area contributed by atoms with Crippen LogP contribution in [0.25, 0.3) is 0 Å². The van der Waals surface area contributed by atoms with Gasteiger partial charge in [-0.2, -0.15) is 0 Å². The van der Waals surface area contributed by atoms with Crippen LogP contribution in [0.4, 0.5) is 10.1 Å². The Labute approximate surface area is 157 Å². The Balaban J connectivity index is 2.22. The summed E-state index contributed by atoms with van der Waals surface area (Å²) in [5.74, 6) is -0.839. The molecule has 0 aliphatic carbocycles. The Morgan fingerprint density at radius 2 is 1.62 bits per heavy atom. The van der Waals surface area contributed by atoms with Crippen molar-refractivity contribution in [3.8, 4) is 0 Å². The minimum atomic E-state index is -3.70. The number of hydrogen-bond donors (Lipinski definition) is 1. The molecule has 8 heteroatoms. The summed E-state index contributed by atoms with van der Waals surface area (Å²) in [6.07, 6.45) is 1.04. The quantitative estimate of drug-likeness (QED) is 0.809. The van der Waals surface area contributed by atoms with Crippen molar-refractivity contribution in [3.63, 3.8) is 0 Å². The lowest BCUT2D eigenvalue weighted by Crippen LogP contribution is -2.48. The van der Waals surface area contributed by atoms with E-state index in [9.17, 15) is 17.6 Å². The van der Waals surface area contributed by atoms with Gasteiger partial charge in [0, 0.05) is 5.02 Å². The van der Waals surface area contributed by atoms with Crippen molar-refractivity contribution in [2.24, 2.45) is 0 Å². The molecule has 1 amide bonds. The van der Waals surface area contributed by atoms with E-state index in [-0.39, 0.29) is 5.82 Å². The average Bonchev–Trinajstić information content (AvgIpc) is 2.56. The molecule has 0 aliphatic heterocycles. The predicted molar refractivity (Wildman–Crippen MR) is 101 cm³/mol. The first-order valence-corrected chi connectivity index (χ1v) is 10.1. The van der Waals surface area contributed by atoms with Crippen molar-refractivity contribution in [1.82, 2.24) is 5.32 Å². The smallest absolute Gasteiger partial charge is 0.244 e. The highest BCUT2D eigenvalue weighted by atomic mass is 35.5. The molecule has 26 heavy (non-hydrogen) atoms. The molecule has 0 spiro atoms. The van der Waals surface area contributed by atoms with Crippen LogP contribution in [0.15, 0.2) is 48.5 Å². The van der Waals surface area contributed by atoms with Crippen LogP contribution in [-0.2, 0) is 14.8 Å². The molecular weight excluding hydrogens is 379 g/mol. The van der Waals surface area contributed by atoms with Gasteiger partial charge < -0.3 is 5.32 Å². The maximum Gasteiger partial charge on any atom is 0.244 e. The van der Waals surface area contributed by atoms with Gasteiger partial charge in [0.2, 0.25) is 15.9 Å². The zero-order chi connectivity index (χ0) is 19.5. The summed E-state index contributed by atoms with van der Waals surface area (Å²) < 4.78 is 38.5. The number of rotatable bonds is 6. The second kappa shape index (κ2) is 8.05. The summed E-state index contributed by atoms with van der Waals surface area (Å²) in [4.78, 5) is 12.6. The Morgan fingerprint density at radius 3 is 2.12 bits per heavy atom. The topological polar surface area (TPSA) is 66.5 Å². The number of halogens is 2. The van der Waals surface area contributed by atoms with E-state index in [2.05, 4.69) is 5.32 Å². The van der Waals surface area contributed by atoms with Crippen molar-refractivity contribution < 1.29 is 17.6 Å². The first-order chi connectivity index (χ1) is 12.1. The van der Waals surface area contributed by atoms with E-state index in [0.717, 1.165) is 10.6 Å². The summed E-state index contributed by atoms with van der Waals surface area (Å²) in [5.41, 5.74) is 1.05. The zero-order valence-electron chi connectivity index (χ0n) is 14.6. The molecule has 1 N–H and O–H groups in total. The second-order valence-electron chi connectivity index (χ2n) is 5.99. The van der Waals surface area contributed by atoms with E-state index in [4.69, 9.17) is 11.6 Å². The largest absolute Gasteiger partial charge is 0.348 e. The molecule has 0 fully saturated rings. The van der Waals surface area contributed by atoms with Gasteiger partial charge in [0.25, 0.3) is 0 Å². The third kappa shape index (κ3) is 4.95. The lowest BCUT2D eigenvalue weighted by atomic mass is 10.1. The van der Waals surface area contributed by atoms with Crippen LogP contribution < -0.4 is 9.62 Å². The van der Waals surface area contributed by atoms with Crippen LogP contribution in [-0.4, -0.2) is 26.6 Å². The monoisotopic (exact) mass is 398 g/mol. The van der Waals surface area contributed by atoms with Gasteiger partial charge in [0.15, 0.2) is 0 Å². The molecule has 140 valence electrons. The molecule has 0 aromatic heterocycles. The van der Waals surface area contributed by atoms with Gasteiger partial charge in [-0.15, -0.1) is 0 Å². The van der Waals surface area contributed by atoms with E-state index in [0.29, 0.717) is 16.3 Å². The van der Waals surface area contributed by atoms with Gasteiger partial charge in [-0.3, -0.25) is 9.10 Å². The second-order valence-corrected chi connectivity index (χ2v) is 8.29. The molecule has 2 atom stereocenters. The van der Waals surface area contributed by atoms with Gasteiger partial charge in [-0.05, 0) is 55.8 Å². The van der Waals surface area contributed by atoms with E-state index >= 15 is 0 Å². The van der Waals surface area contributed by atoms with Crippen LogP contribution in [0.5, 0.6) is 0 Å². The average molecular weight is 399 g/mol. The number of amides is 1. The third-order valence-corrected chi connectivity index (χ3v) is 5.39. The highest BCUT2D eigenvalue weighted by molar-refractivity contribution is 7.92. The summed E-state index contributed by atoms with van der Waals surface area (Å²) in [5, 5.41) is 3.22. The SMILES string of the molecule is C[C@H](NC(=O)[C@H](C)N(c1ccc(Cl)cc1)S(C)(=O)=O)c1ccc(F)cc1. The van der Waals surface area contributed by atoms with Crippen molar-refractivity contribution >= 4 is 33.2 Å². The lowest BCUT2D eigenvalue weighted by molar-refractivity contribution is -0.122. The van der Waals surface area contributed by atoms with E-state index in [1.165, 1.54) is 31.2 Å². The minimum Gasteiger partial charge on any atom is -0.348 e. The number of anilines is 1. The summed E-state index contributed by atoms with van der Waals surface area (Å²) >= 11 is 5.85. The minimum absolute atomic E-state index is 0.342. The molecule has 5 nitrogen and oxygen atoms in total. The normalized spacial score (nSPS) is 13.7. The van der Waals surface area contributed by atoms with Gasteiger partial charge in [-0.1, -0.05) is 23.7 Å². The molecule has 2 rings (SSSR count). The molecular formula is C18H20ClFN2O3S. The van der Waals surface area contributed by atoms with Gasteiger partial charge in [-0.25, -0.2) is 12.8 Å². The number of carbonyl (C=O) groups is 1. The highest BCUT2D eigenvalue weighted by Crippen LogP contribution is 2.23. The third-order valence-electron chi connectivity index (χ3n) is 3.90. The number of carbonyl (C=O) groups excluding carboxylic acids is 1. The number of nitrogens with zero attached hydrogens (tertiary/aromatic N) is 1. The molecule has 0 unspecified atom stereocenters.